The average molecular weight is 500 g/mol. The lowest BCUT2D eigenvalue weighted by molar-refractivity contribution is -0.141. The zero-order chi connectivity index (χ0) is 25.7. The van der Waals surface area contributed by atoms with Gasteiger partial charge in [-0.25, -0.2) is 0 Å². The monoisotopic (exact) mass is 499 g/mol. The third-order valence-electron chi connectivity index (χ3n) is 6.92. The van der Waals surface area contributed by atoms with Gasteiger partial charge in [-0.05, 0) is 42.7 Å². The molecule has 1 unspecified atom stereocenters. The van der Waals surface area contributed by atoms with Crippen molar-refractivity contribution in [2.75, 3.05) is 9.80 Å². The number of aromatic nitrogens is 1. The molecule has 4 aromatic rings. The van der Waals surface area contributed by atoms with Crippen LogP contribution in [0.5, 0.6) is 0 Å². The molecule has 37 heavy (non-hydrogen) atoms. The number of rotatable bonds is 5. The van der Waals surface area contributed by atoms with Gasteiger partial charge in [-0.2, -0.15) is 8.78 Å². The van der Waals surface area contributed by atoms with Gasteiger partial charge in [-0.15, -0.1) is 0 Å². The Bertz CT molecular complexity index is 1530. The number of ether oxygens (including phenoxy) is 1. The summed E-state index contributed by atoms with van der Waals surface area (Å²) in [6.07, 6.45) is 2.80. The predicted octanol–water partition coefficient (Wildman–Crippen LogP) is 6.60. The van der Waals surface area contributed by atoms with Crippen LogP contribution < -0.4 is 9.80 Å². The van der Waals surface area contributed by atoms with Crippen molar-refractivity contribution in [1.82, 2.24) is 5.16 Å². The van der Waals surface area contributed by atoms with Crippen molar-refractivity contribution < 1.29 is 22.8 Å². The number of carbonyl (C=O) groups is 1. The largest absolute Gasteiger partial charge is 0.472 e. The van der Waals surface area contributed by atoms with E-state index in [-0.39, 0.29) is 17.8 Å². The summed E-state index contributed by atoms with van der Waals surface area (Å²) in [6, 6.07) is 21.5. The fourth-order valence-corrected chi connectivity index (χ4v) is 4.87. The molecule has 186 valence electrons. The minimum Gasteiger partial charge on any atom is -0.472 e. The smallest absolute Gasteiger partial charge is 0.352 e. The van der Waals surface area contributed by atoms with Gasteiger partial charge in [0, 0.05) is 17.3 Å². The molecular weight excluding hydrogens is 476 g/mol. The minimum atomic E-state index is -3.57. The molecule has 2 aliphatic rings. The van der Waals surface area contributed by atoms with E-state index in [0.29, 0.717) is 11.4 Å². The lowest BCUT2D eigenvalue weighted by atomic mass is 9.96. The second kappa shape index (κ2) is 8.58. The molecule has 1 atom stereocenters. The second-order valence-electron chi connectivity index (χ2n) is 9.14. The summed E-state index contributed by atoms with van der Waals surface area (Å²) in [7, 11) is 0. The first-order chi connectivity index (χ1) is 17.9. The fourth-order valence-electron chi connectivity index (χ4n) is 4.87. The van der Waals surface area contributed by atoms with Crippen molar-refractivity contribution in [3.63, 3.8) is 0 Å². The molecule has 6 rings (SSSR count). The summed E-state index contributed by atoms with van der Waals surface area (Å²) < 4.78 is 41.2. The van der Waals surface area contributed by atoms with Crippen molar-refractivity contribution in [3.8, 4) is 11.1 Å². The predicted molar refractivity (Wildman–Crippen MR) is 135 cm³/mol. The number of nitrogens with zero attached hydrogens (tertiary/aromatic N) is 3. The Labute approximate surface area is 212 Å². The number of halogens is 2. The summed E-state index contributed by atoms with van der Waals surface area (Å²) in [5.74, 6) is -4.24. The normalized spacial score (nSPS) is 17.8. The molecule has 3 aromatic carbocycles. The molecule has 0 radical (unpaired) electrons. The summed E-state index contributed by atoms with van der Waals surface area (Å²) in [5.41, 5.74) is 4.86. The number of fused-ring (bicyclic) bond motifs is 1. The molecule has 0 spiro atoms. The van der Waals surface area contributed by atoms with Gasteiger partial charge in [0.1, 0.15) is 6.26 Å². The van der Waals surface area contributed by atoms with Crippen molar-refractivity contribution in [3.05, 3.63) is 113 Å². The van der Waals surface area contributed by atoms with Crippen molar-refractivity contribution in [1.29, 1.82) is 0 Å². The van der Waals surface area contributed by atoms with Gasteiger partial charge in [0.25, 0.3) is 0 Å². The summed E-state index contributed by atoms with van der Waals surface area (Å²) in [4.78, 5) is 15.9. The van der Waals surface area contributed by atoms with Crippen molar-refractivity contribution in [2.24, 2.45) is 0 Å². The highest BCUT2D eigenvalue weighted by Crippen LogP contribution is 2.45. The number of para-hydroxylation sites is 1. The van der Waals surface area contributed by atoms with E-state index in [9.17, 15) is 13.6 Å². The first-order valence-corrected chi connectivity index (χ1v) is 11.9. The van der Waals surface area contributed by atoms with Crippen LogP contribution in [0.3, 0.4) is 0 Å². The van der Waals surface area contributed by atoms with Gasteiger partial charge in [-0.3, -0.25) is 9.69 Å². The minimum absolute atomic E-state index is 0.0237. The molecule has 0 aliphatic carbocycles. The number of amides is 1. The molecule has 0 fully saturated rings. The highest BCUT2D eigenvalue weighted by molar-refractivity contribution is 6.05. The van der Waals surface area contributed by atoms with Crippen molar-refractivity contribution in [2.45, 2.75) is 32.5 Å². The Hall–Kier alpha value is -4.46. The van der Waals surface area contributed by atoms with E-state index in [2.05, 4.69) is 5.16 Å². The number of benzene rings is 3. The zero-order valence-corrected chi connectivity index (χ0v) is 20.2. The van der Waals surface area contributed by atoms with Crippen LogP contribution in [0.15, 0.2) is 89.8 Å². The maximum absolute atomic E-state index is 14.9. The Morgan fingerprint density at radius 1 is 1.00 bits per heavy atom. The van der Waals surface area contributed by atoms with E-state index >= 15 is 0 Å². The van der Waals surface area contributed by atoms with Crippen LogP contribution in [-0.4, -0.2) is 11.1 Å². The van der Waals surface area contributed by atoms with Crippen LogP contribution in [-0.2, 0) is 22.0 Å². The standard InChI is InChI=1S/C29H23F2N3O3/c1-18-19(2)32-37-26(18)33-14-15-36-27(33)21-12-13-23(20-8-4-3-5-9-20)22(16-21)17-34-25-11-7-6-10-24(25)29(30,31)28(34)35/h3-16,27H,17H2,1-2H3. The number of carbonyl (C=O) groups excluding carboxylic acids is 1. The second-order valence-corrected chi connectivity index (χ2v) is 9.14. The fraction of sp³-hybridized carbons (Fsp3) is 0.172. The van der Waals surface area contributed by atoms with Crippen LogP contribution in [0.25, 0.3) is 11.1 Å². The van der Waals surface area contributed by atoms with Crippen molar-refractivity contribution >= 4 is 17.5 Å². The number of alkyl halides is 2. The van der Waals surface area contributed by atoms with Gasteiger partial charge in [0.2, 0.25) is 12.1 Å². The van der Waals surface area contributed by atoms with Crippen LogP contribution >= 0.6 is 0 Å². The van der Waals surface area contributed by atoms with Gasteiger partial charge in [0.15, 0.2) is 0 Å². The van der Waals surface area contributed by atoms with Gasteiger partial charge < -0.3 is 14.2 Å². The van der Waals surface area contributed by atoms with Gasteiger partial charge in [0.05, 0.1) is 23.5 Å². The zero-order valence-electron chi connectivity index (χ0n) is 20.2. The SMILES string of the molecule is Cc1noc(N2C=COC2c2ccc(-c3ccccc3)c(CN3C(=O)C(F)(F)c4ccccc43)c2)c1C. The summed E-state index contributed by atoms with van der Waals surface area (Å²) >= 11 is 0. The molecule has 1 amide bonds. The molecular formula is C29H23F2N3O3. The third kappa shape index (κ3) is 3.67. The lowest BCUT2D eigenvalue weighted by Crippen LogP contribution is -2.34. The maximum Gasteiger partial charge on any atom is 0.352 e. The van der Waals surface area contributed by atoms with E-state index in [1.54, 1.807) is 24.6 Å². The van der Waals surface area contributed by atoms with E-state index in [4.69, 9.17) is 9.26 Å². The van der Waals surface area contributed by atoms with Crippen LogP contribution in [0.4, 0.5) is 20.4 Å². The first kappa shape index (κ1) is 23.0. The molecule has 3 heterocycles. The Morgan fingerprint density at radius 2 is 1.76 bits per heavy atom. The Balaban J connectivity index is 1.43. The lowest BCUT2D eigenvalue weighted by Gasteiger charge is -2.25. The average Bonchev–Trinajstić information content (AvgIpc) is 3.58. The molecule has 0 saturated heterocycles. The summed E-state index contributed by atoms with van der Waals surface area (Å²) in [6.45, 7) is 3.76. The molecule has 8 heteroatoms. The van der Waals surface area contributed by atoms with E-state index in [1.807, 2.05) is 67.3 Å². The first-order valence-electron chi connectivity index (χ1n) is 11.9. The number of hydrogen-bond acceptors (Lipinski definition) is 5. The van der Waals surface area contributed by atoms with Gasteiger partial charge in [-0.1, -0.05) is 65.8 Å². The quantitative estimate of drug-likeness (QED) is 0.310. The molecule has 6 nitrogen and oxygen atoms in total. The van der Waals surface area contributed by atoms with E-state index in [1.165, 1.54) is 12.1 Å². The highest BCUT2D eigenvalue weighted by atomic mass is 19.3. The molecule has 1 aromatic heterocycles. The van der Waals surface area contributed by atoms with E-state index in [0.717, 1.165) is 32.8 Å². The third-order valence-corrected chi connectivity index (χ3v) is 6.92. The summed E-state index contributed by atoms with van der Waals surface area (Å²) in [5, 5.41) is 4.05. The Kier molecular flexibility index (Phi) is 5.33. The number of hydrogen-bond donors (Lipinski definition) is 0. The van der Waals surface area contributed by atoms with Crippen LogP contribution in [0, 0.1) is 13.8 Å². The van der Waals surface area contributed by atoms with Crippen LogP contribution in [0.1, 0.15) is 34.2 Å². The molecule has 0 N–H and O–H groups in total. The van der Waals surface area contributed by atoms with Gasteiger partial charge >= 0.3 is 11.8 Å². The van der Waals surface area contributed by atoms with Crippen LogP contribution in [0.2, 0.25) is 0 Å². The number of anilines is 2. The highest BCUT2D eigenvalue weighted by Gasteiger charge is 2.52. The molecule has 0 bridgehead atoms. The molecule has 2 aliphatic heterocycles. The Morgan fingerprint density at radius 3 is 2.51 bits per heavy atom. The maximum atomic E-state index is 14.9. The molecule has 0 saturated carbocycles. The number of aryl methyl sites for hydroxylation is 1. The topological polar surface area (TPSA) is 58.8 Å². The van der Waals surface area contributed by atoms with E-state index < -0.39 is 18.1 Å².